The number of hydrogen-bond donors (Lipinski definition) is 1. The van der Waals surface area contributed by atoms with Crippen molar-refractivity contribution in [3.8, 4) is 11.5 Å². The molecule has 0 fully saturated rings. The summed E-state index contributed by atoms with van der Waals surface area (Å²) in [6.07, 6.45) is 3.33. The largest absolute Gasteiger partial charge is 0.490 e. The van der Waals surface area contributed by atoms with Gasteiger partial charge in [-0.25, -0.2) is 4.79 Å². The second kappa shape index (κ2) is 12.2. The monoisotopic (exact) mass is 663 g/mol. The van der Waals surface area contributed by atoms with Gasteiger partial charge in [-0.1, -0.05) is 46.8 Å². The van der Waals surface area contributed by atoms with Gasteiger partial charge in [-0.2, -0.15) is 0 Å². The predicted octanol–water partition coefficient (Wildman–Crippen LogP) is 8.22. The lowest BCUT2D eigenvalue weighted by atomic mass is 9.63. The van der Waals surface area contributed by atoms with E-state index in [-0.39, 0.29) is 34.6 Å². The molecule has 1 heterocycles. The number of allylic oxidation sites excluding steroid dienone is 4. The SMILES string of the molecule is CCCN1C2=C(C(=O)CC(C)(C)C2)C(c2cc(Br)c(OCc3ccc(C(=O)O)cc3)c(OCC)c2)C2=C1CC(C)(C)CC2=O. The predicted molar refractivity (Wildman–Crippen MR) is 173 cm³/mol. The minimum atomic E-state index is -0.980. The van der Waals surface area contributed by atoms with Crippen LogP contribution in [0.3, 0.4) is 0 Å². The third-order valence-electron chi connectivity index (χ3n) is 8.72. The van der Waals surface area contributed by atoms with E-state index >= 15 is 0 Å². The fourth-order valence-corrected chi connectivity index (χ4v) is 7.51. The van der Waals surface area contributed by atoms with Gasteiger partial charge in [0, 0.05) is 47.8 Å². The Kier molecular flexibility index (Phi) is 8.87. The fraction of sp³-hybridized carbons (Fsp3) is 0.472. The summed E-state index contributed by atoms with van der Waals surface area (Å²) in [6.45, 7) is 14.0. The number of ether oxygens (including phenoxy) is 2. The Labute approximate surface area is 268 Å². The van der Waals surface area contributed by atoms with E-state index < -0.39 is 11.9 Å². The number of carboxylic acids is 1. The number of aromatic carboxylic acids is 1. The molecule has 44 heavy (non-hydrogen) atoms. The van der Waals surface area contributed by atoms with Crippen molar-refractivity contribution in [3.05, 3.63) is 80.1 Å². The van der Waals surface area contributed by atoms with Gasteiger partial charge in [-0.05, 0) is 88.3 Å². The Hall–Kier alpha value is -3.39. The van der Waals surface area contributed by atoms with Gasteiger partial charge in [0.25, 0.3) is 0 Å². The molecule has 2 aromatic carbocycles. The lowest BCUT2D eigenvalue weighted by molar-refractivity contribution is -0.119. The molecule has 1 aliphatic heterocycles. The summed E-state index contributed by atoms with van der Waals surface area (Å²) in [5, 5.41) is 9.21. The van der Waals surface area contributed by atoms with Gasteiger partial charge >= 0.3 is 5.97 Å². The molecular formula is C36H42BrNO6. The van der Waals surface area contributed by atoms with Crippen LogP contribution in [-0.2, 0) is 16.2 Å². The first kappa shape index (κ1) is 32.0. The Morgan fingerprint density at radius 3 is 1.98 bits per heavy atom. The highest BCUT2D eigenvalue weighted by Crippen LogP contribution is 2.55. The van der Waals surface area contributed by atoms with Gasteiger partial charge in [0.1, 0.15) is 6.61 Å². The van der Waals surface area contributed by atoms with E-state index in [1.165, 1.54) is 0 Å². The zero-order valence-corrected chi connectivity index (χ0v) is 28.1. The number of benzene rings is 2. The maximum atomic E-state index is 14.1. The zero-order valence-electron chi connectivity index (χ0n) is 26.5. The molecule has 3 aliphatic rings. The zero-order chi connectivity index (χ0) is 32.0. The van der Waals surface area contributed by atoms with E-state index in [4.69, 9.17) is 9.47 Å². The van der Waals surface area contributed by atoms with E-state index in [2.05, 4.69) is 55.4 Å². The smallest absolute Gasteiger partial charge is 0.335 e. The van der Waals surface area contributed by atoms with Gasteiger partial charge in [0.05, 0.1) is 16.6 Å². The summed E-state index contributed by atoms with van der Waals surface area (Å²) < 4.78 is 13.0. The molecule has 1 N–H and O–H groups in total. The third-order valence-corrected chi connectivity index (χ3v) is 9.31. The standard InChI is InChI=1S/C36H42BrNO6/c1-7-13-38-25-16-35(3,4)18-27(39)31(25)30(32-26(38)17-36(5,6)19-28(32)40)23-14-24(37)33(29(15-23)43-8-2)44-20-21-9-11-22(12-10-21)34(41)42/h9-12,14-15,30H,7-8,13,16-20H2,1-6H3,(H,41,42). The molecular weight excluding hydrogens is 622 g/mol. The van der Waals surface area contributed by atoms with Crippen LogP contribution in [-0.4, -0.2) is 40.7 Å². The Bertz CT molecular complexity index is 1510. The number of halogens is 1. The molecule has 0 aromatic heterocycles. The highest BCUT2D eigenvalue weighted by molar-refractivity contribution is 9.10. The minimum absolute atomic E-state index is 0.103. The molecule has 0 atom stereocenters. The number of carboxylic acid groups (broad SMARTS) is 1. The number of carbonyl (C=O) groups is 3. The van der Waals surface area contributed by atoms with Crippen molar-refractivity contribution in [2.24, 2.45) is 10.8 Å². The minimum Gasteiger partial charge on any atom is -0.490 e. The maximum Gasteiger partial charge on any atom is 0.335 e. The third kappa shape index (κ3) is 6.23. The van der Waals surface area contributed by atoms with Gasteiger partial charge in [-0.3, -0.25) is 9.59 Å². The lowest BCUT2D eigenvalue weighted by Crippen LogP contribution is -2.44. The highest BCUT2D eigenvalue weighted by Gasteiger charge is 2.49. The Morgan fingerprint density at radius 2 is 1.48 bits per heavy atom. The normalized spacial score (nSPS) is 19.6. The summed E-state index contributed by atoms with van der Waals surface area (Å²) in [5.74, 6) is -0.222. The molecule has 0 saturated carbocycles. The molecule has 0 spiro atoms. The summed E-state index contributed by atoms with van der Waals surface area (Å²) >= 11 is 3.72. The van der Waals surface area contributed by atoms with Crippen molar-refractivity contribution in [1.82, 2.24) is 4.90 Å². The second-order valence-electron chi connectivity index (χ2n) is 13.7. The van der Waals surface area contributed by atoms with E-state index in [1.54, 1.807) is 24.3 Å². The van der Waals surface area contributed by atoms with Crippen molar-refractivity contribution in [1.29, 1.82) is 0 Å². The van der Waals surface area contributed by atoms with E-state index in [1.807, 2.05) is 19.1 Å². The Morgan fingerprint density at radius 1 is 0.909 bits per heavy atom. The maximum absolute atomic E-state index is 14.1. The molecule has 7 nitrogen and oxygen atoms in total. The summed E-state index contributed by atoms with van der Waals surface area (Å²) in [5.41, 5.74) is 5.11. The van der Waals surface area contributed by atoms with Crippen LogP contribution in [0.15, 0.2) is 63.4 Å². The van der Waals surface area contributed by atoms with Crippen molar-refractivity contribution < 1.29 is 29.0 Å². The number of nitrogens with zero attached hydrogens (tertiary/aromatic N) is 1. The van der Waals surface area contributed by atoms with Crippen LogP contribution >= 0.6 is 15.9 Å². The van der Waals surface area contributed by atoms with Crippen LogP contribution in [0.2, 0.25) is 0 Å². The van der Waals surface area contributed by atoms with Gasteiger partial charge in [-0.15, -0.1) is 0 Å². The average Bonchev–Trinajstić information content (AvgIpc) is 2.92. The molecule has 0 bridgehead atoms. The van der Waals surface area contributed by atoms with Gasteiger partial charge in [0.2, 0.25) is 0 Å². The van der Waals surface area contributed by atoms with Crippen molar-refractivity contribution in [2.75, 3.05) is 13.2 Å². The summed E-state index contributed by atoms with van der Waals surface area (Å²) in [4.78, 5) is 41.7. The molecule has 2 aromatic rings. The van der Waals surface area contributed by atoms with E-state index in [9.17, 15) is 19.5 Å². The first-order chi connectivity index (χ1) is 20.7. The van der Waals surface area contributed by atoms with Crippen molar-refractivity contribution >= 4 is 33.5 Å². The van der Waals surface area contributed by atoms with E-state index in [0.717, 1.165) is 59.5 Å². The average molecular weight is 665 g/mol. The summed E-state index contributed by atoms with van der Waals surface area (Å²) in [6, 6.07) is 10.4. The molecule has 0 saturated heterocycles. The lowest BCUT2D eigenvalue weighted by Gasteiger charge is -2.49. The molecule has 0 amide bonds. The van der Waals surface area contributed by atoms with Gasteiger partial charge < -0.3 is 19.5 Å². The van der Waals surface area contributed by atoms with Crippen molar-refractivity contribution in [3.63, 3.8) is 0 Å². The van der Waals surface area contributed by atoms with Crippen LogP contribution in [0.25, 0.3) is 0 Å². The van der Waals surface area contributed by atoms with Gasteiger partial charge in [0.15, 0.2) is 23.1 Å². The molecule has 234 valence electrons. The molecule has 0 radical (unpaired) electrons. The number of ketones is 2. The number of hydrogen-bond acceptors (Lipinski definition) is 6. The van der Waals surface area contributed by atoms with Crippen LogP contribution in [0.1, 0.15) is 101 Å². The van der Waals surface area contributed by atoms with E-state index in [0.29, 0.717) is 35.4 Å². The second-order valence-corrected chi connectivity index (χ2v) is 14.6. The molecule has 0 unspecified atom stereocenters. The first-order valence-electron chi connectivity index (χ1n) is 15.5. The quantitative estimate of drug-likeness (QED) is 0.289. The van der Waals surface area contributed by atoms with Crippen LogP contribution in [0.4, 0.5) is 0 Å². The molecule has 2 aliphatic carbocycles. The summed E-state index contributed by atoms with van der Waals surface area (Å²) in [7, 11) is 0. The molecule has 8 heteroatoms. The topological polar surface area (TPSA) is 93.1 Å². The van der Waals surface area contributed by atoms with Crippen LogP contribution in [0.5, 0.6) is 11.5 Å². The number of rotatable bonds is 9. The van der Waals surface area contributed by atoms with Crippen LogP contribution in [0, 0.1) is 10.8 Å². The van der Waals surface area contributed by atoms with Crippen LogP contribution < -0.4 is 9.47 Å². The highest BCUT2D eigenvalue weighted by atomic mass is 79.9. The molecule has 5 rings (SSSR count). The number of Topliss-reactive ketones (excluding diaryl/α,β-unsaturated/α-hetero) is 2. The fourth-order valence-electron chi connectivity index (χ4n) is 6.93. The Balaban J connectivity index is 1.62. The first-order valence-corrected chi connectivity index (χ1v) is 16.3. The number of carbonyl (C=O) groups excluding carboxylic acids is 2. The van der Waals surface area contributed by atoms with Crippen molar-refractivity contribution in [2.45, 2.75) is 86.2 Å².